The number of ether oxygens (including phenoxy) is 1. The molecule has 0 heterocycles. The Kier molecular flexibility index (Phi) is 4.38. The van der Waals surface area contributed by atoms with Crippen LogP contribution in [0.4, 0.5) is 5.69 Å². The summed E-state index contributed by atoms with van der Waals surface area (Å²) in [4.78, 5) is 23.5. The molecule has 1 N–H and O–H groups in total. The van der Waals surface area contributed by atoms with Crippen LogP contribution in [0.2, 0.25) is 0 Å². The standard InChI is InChI=1S/C17H17NO3/c1-11-4-5-12(2)15(10-11)18-16(19)13-6-8-14(9-7-13)17(20)21-3/h4-10H,1-3H3,(H,18,19). The summed E-state index contributed by atoms with van der Waals surface area (Å²) in [5.74, 6) is -0.628. The van der Waals surface area contributed by atoms with Gasteiger partial charge in [0.25, 0.3) is 5.91 Å². The fourth-order valence-corrected chi connectivity index (χ4v) is 1.94. The molecule has 0 radical (unpaired) electrons. The molecule has 1 amide bonds. The van der Waals surface area contributed by atoms with Gasteiger partial charge in [0.05, 0.1) is 12.7 Å². The Hall–Kier alpha value is -2.62. The fraction of sp³-hybridized carbons (Fsp3) is 0.176. The van der Waals surface area contributed by atoms with E-state index < -0.39 is 5.97 Å². The van der Waals surface area contributed by atoms with Crippen LogP contribution < -0.4 is 5.32 Å². The fourth-order valence-electron chi connectivity index (χ4n) is 1.94. The van der Waals surface area contributed by atoms with Gasteiger partial charge in [-0.1, -0.05) is 12.1 Å². The number of amides is 1. The average Bonchev–Trinajstić information content (AvgIpc) is 2.50. The first-order chi connectivity index (χ1) is 10.0. The topological polar surface area (TPSA) is 55.4 Å². The second-order valence-electron chi connectivity index (χ2n) is 4.84. The minimum atomic E-state index is -0.420. The van der Waals surface area contributed by atoms with Gasteiger partial charge in [-0.05, 0) is 55.3 Å². The molecule has 21 heavy (non-hydrogen) atoms. The molecule has 0 saturated carbocycles. The lowest BCUT2D eigenvalue weighted by atomic mass is 10.1. The minimum absolute atomic E-state index is 0.208. The largest absolute Gasteiger partial charge is 0.465 e. The van der Waals surface area contributed by atoms with Crippen molar-refractivity contribution < 1.29 is 14.3 Å². The molecule has 2 aromatic rings. The van der Waals surface area contributed by atoms with E-state index in [4.69, 9.17) is 0 Å². The molecule has 4 nitrogen and oxygen atoms in total. The van der Waals surface area contributed by atoms with E-state index in [9.17, 15) is 9.59 Å². The van der Waals surface area contributed by atoms with E-state index in [0.29, 0.717) is 11.1 Å². The maximum Gasteiger partial charge on any atom is 0.337 e. The van der Waals surface area contributed by atoms with Crippen LogP contribution in [0, 0.1) is 13.8 Å². The molecule has 0 unspecified atom stereocenters. The first kappa shape index (κ1) is 14.8. The van der Waals surface area contributed by atoms with Crippen LogP contribution in [0.1, 0.15) is 31.8 Å². The highest BCUT2D eigenvalue weighted by molar-refractivity contribution is 6.05. The van der Waals surface area contributed by atoms with Crippen LogP contribution in [0.15, 0.2) is 42.5 Å². The number of anilines is 1. The summed E-state index contributed by atoms with van der Waals surface area (Å²) in [6.45, 7) is 3.91. The minimum Gasteiger partial charge on any atom is -0.465 e. The van der Waals surface area contributed by atoms with Gasteiger partial charge in [0.15, 0.2) is 0 Å². The van der Waals surface area contributed by atoms with E-state index in [1.54, 1.807) is 24.3 Å². The third kappa shape index (κ3) is 3.48. The van der Waals surface area contributed by atoms with E-state index in [1.807, 2.05) is 32.0 Å². The number of nitrogens with one attached hydrogen (secondary N) is 1. The highest BCUT2D eigenvalue weighted by Gasteiger charge is 2.10. The number of hydrogen-bond acceptors (Lipinski definition) is 3. The molecule has 108 valence electrons. The normalized spacial score (nSPS) is 10.0. The zero-order valence-corrected chi connectivity index (χ0v) is 12.3. The molecule has 2 aromatic carbocycles. The monoisotopic (exact) mass is 283 g/mol. The molecule has 0 fully saturated rings. The molecule has 0 aromatic heterocycles. The number of esters is 1. The predicted octanol–water partition coefficient (Wildman–Crippen LogP) is 3.34. The van der Waals surface area contributed by atoms with Gasteiger partial charge in [0, 0.05) is 11.3 Å². The number of rotatable bonds is 3. The highest BCUT2D eigenvalue weighted by atomic mass is 16.5. The molecular weight excluding hydrogens is 266 g/mol. The summed E-state index contributed by atoms with van der Waals surface area (Å²) in [6.07, 6.45) is 0. The van der Waals surface area contributed by atoms with Gasteiger partial charge in [0.1, 0.15) is 0 Å². The summed E-state index contributed by atoms with van der Waals surface area (Å²) < 4.78 is 4.62. The van der Waals surface area contributed by atoms with Gasteiger partial charge in [-0.15, -0.1) is 0 Å². The first-order valence-electron chi connectivity index (χ1n) is 6.58. The summed E-state index contributed by atoms with van der Waals surface area (Å²) >= 11 is 0. The van der Waals surface area contributed by atoms with Gasteiger partial charge in [-0.2, -0.15) is 0 Å². The third-order valence-electron chi connectivity index (χ3n) is 3.21. The van der Waals surface area contributed by atoms with Gasteiger partial charge in [0.2, 0.25) is 0 Å². The zero-order valence-electron chi connectivity index (χ0n) is 12.3. The number of methoxy groups -OCH3 is 1. The number of hydrogen-bond donors (Lipinski definition) is 1. The second-order valence-corrected chi connectivity index (χ2v) is 4.84. The van der Waals surface area contributed by atoms with Crippen molar-refractivity contribution in [3.8, 4) is 0 Å². The summed E-state index contributed by atoms with van der Waals surface area (Å²) in [5, 5.41) is 2.87. The SMILES string of the molecule is COC(=O)c1ccc(C(=O)Nc2cc(C)ccc2C)cc1. The number of aryl methyl sites for hydroxylation is 2. The first-order valence-corrected chi connectivity index (χ1v) is 6.58. The van der Waals surface area contributed by atoms with Crippen molar-refractivity contribution in [3.05, 3.63) is 64.7 Å². The van der Waals surface area contributed by atoms with Crippen molar-refractivity contribution in [3.63, 3.8) is 0 Å². The van der Waals surface area contributed by atoms with E-state index in [0.717, 1.165) is 16.8 Å². The summed E-state index contributed by atoms with van der Waals surface area (Å²) in [6, 6.07) is 12.2. The lowest BCUT2D eigenvalue weighted by molar-refractivity contribution is 0.0600. The van der Waals surface area contributed by atoms with E-state index >= 15 is 0 Å². The maximum atomic E-state index is 12.2. The Morgan fingerprint density at radius 1 is 0.952 bits per heavy atom. The molecule has 4 heteroatoms. The number of benzene rings is 2. The average molecular weight is 283 g/mol. The molecular formula is C17H17NO3. The lowest BCUT2D eigenvalue weighted by Crippen LogP contribution is -2.13. The van der Waals surface area contributed by atoms with E-state index in [2.05, 4.69) is 10.1 Å². The molecule has 0 atom stereocenters. The molecule has 0 spiro atoms. The Morgan fingerprint density at radius 3 is 2.19 bits per heavy atom. The van der Waals surface area contributed by atoms with Gasteiger partial charge < -0.3 is 10.1 Å². The number of carbonyl (C=O) groups excluding carboxylic acids is 2. The van der Waals surface area contributed by atoms with Crippen molar-refractivity contribution in [2.45, 2.75) is 13.8 Å². The zero-order chi connectivity index (χ0) is 15.4. The molecule has 2 rings (SSSR count). The van der Waals surface area contributed by atoms with Gasteiger partial charge in [-0.3, -0.25) is 4.79 Å². The van der Waals surface area contributed by atoms with E-state index in [-0.39, 0.29) is 5.91 Å². The van der Waals surface area contributed by atoms with Crippen molar-refractivity contribution >= 4 is 17.6 Å². The van der Waals surface area contributed by atoms with Crippen molar-refractivity contribution in [1.29, 1.82) is 0 Å². The number of carbonyl (C=O) groups is 2. The Balaban J connectivity index is 2.17. The van der Waals surface area contributed by atoms with Crippen molar-refractivity contribution in [1.82, 2.24) is 0 Å². The lowest BCUT2D eigenvalue weighted by Gasteiger charge is -2.09. The van der Waals surface area contributed by atoms with Crippen LogP contribution in [-0.2, 0) is 4.74 Å². The van der Waals surface area contributed by atoms with Crippen LogP contribution in [-0.4, -0.2) is 19.0 Å². The third-order valence-corrected chi connectivity index (χ3v) is 3.21. The molecule has 0 aliphatic rings. The molecule has 0 aliphatic carbocycles. The highest BCUT2D eigenvalue weighted by Crippen LogP contribution is 2.17. The van der Waals surface area contributed by atoms with Crippen molar-refractivity contribution in [2.75, 3.05) is 12.4 Å². The smallest absolute Gasteiger partial charge is 0.337 e. The summed E-state index contributed by atoms with van der Waals surface area (Å²) in [7, 11) is 1.32. The van der Waals surface area contributed by atoms with Crippen LogP contribution in [0.25, 0.3) is 0 Å². The summed E-state index contributed by atoms with van der Waals surface area (Å²) in [5.41, 5.74) is 3.78. The molecule has 0 bridgehead atoms. The van der Waals surface area contributed by atoms with Gasteiger partial charge >= 0.3 is 5.97 Å². The van der Waals surface area contributed by atoms with E-state index in [1.165, 1.54) is 7.11 Å². The quantitative estimate of drug-likeness (QED) is 0.879. The van der Waals surface area contributed by atoms with Crippen LogP contribution in [0.5, 0.6) is 0 Å². The van der Waals surface area contributed by atoms with Crippen molar-refractivity contribution in [2.24, 2.45) is 0 Å². The van der Waals surface area contributed by atoms with Gasteiger partial charge in [-0.25, -0.2) is 4.79 Å². The van der Waals surface area contributed by atoms with Crippen LogP contribution in [0.3, 0.4) is 0 Å². The Morgan fingerprint density at radius 2 is 1.57 bits per heavy atom. The molecule has 0 saturated heterocycles. The molecule has 0 aliphatic heterocycles. The second kappa shape index (κ2) is 6.22. The Bertz CT molecular complexity index is 675. The Labute approximate surface area is 123 Å². The predicted molar refractivity (Wildman–Crippen MR) is 81.7 cm³/mol. The van der Waals surface area contributed by atoms with Crippen LogP contribution >= 0.6 is 0 Å². The maximum absolute atomic E-state index is 12.2.